The van der Waals surface area contributed by atoms with Gasteiger partial charge in [-0.25, -0.2) is 0 Å². The molecule has 0 spiro atoms. The monoisotopic (exact) mass is 269 g/mol. The number of amides is 1. The van der Waals surface area contributed by atoms with Gasteiger partial charge in [-0.1, -0.05) is 18.2 Å². The van der Waals surface area contributed by atoms with Crippen molar-refractivity contribution in [3.63, 3.8) is 0 Å². The fraction of sp³-hybridized carbons (Fsp3) is 0.188. The van der Waals surface area contributed by atoms with Crippen LogP contribution in [-0.2, 0) is 4.79 Å². The lowest BCUT2D eigenvalue weighted by molar-refractivity contribution is -0.115. The number of carbonyl (C=O) groups is 1. The first-order valence-electron chi connectivity index (χ1n) is 6.57. The minimum absolute atomic E-state index is 0.138. The standard InChI is InChI=1S/C16H15NO3/c18-16(17-13-4-2-1-3-5-13)9-7-12-6-8-14-15(10-12)20-11-19-14/h2,4-10H,1,3,11H2,(H,17,18)/b9-7+. The third-order valence-corrected chi connectivity index (χ3v) is 3.09. The van der Waals surface area contributed by atoms with E-state index in [2.05, 4.69) is 11.4 Å². The highest BCUT2D eigenvalue weighted by atomic mass is 16.7. The van der Waals surface area contributed by atoms with E-state index in [-0.39, 0.29) is 12.7 Å². The van der Waals surface area contributed by atoms with Crippen LogP contribution in [0, 0.1) is 0 Å². The van der Waals surface area contributed by atoms with Gasteiger partial charge in [0.15, 0.2) is 11.5 Å². The van der Waals surface area contributed by atoms with E-state index in [0.717, 1.165) is 29.9 Å². The molecule has 3 rings (SSSR count). The van der Waals surface area contributed by atoms with Crippen LogP contribution in [0.15, 0.2) is 48.2 Å². The fourth-order valence-corrected chi connectivity index (χ4v) is 2.08. The molecule has 102 valence electrons. The summed E-state index contributed by atoms with van der Waals surface area (Å²) < 4.78 is 10.5. The first-order chi connectivity index (χ1) is 9.81. The van der Waals surface area contributed by atoms with Crippen molar-refractivity contribution in [2.24, 2.45) is 0 Å². The summed E-state index contributed by atoms with van der Waals surface area (Å²) in [5.74, 6) is 1.31. The normalized spacial score (nSPS) is 16.3. The highest BCUT2D eigenvalue weighted by Crippen LogP contribution is 2.32. The summed E-state index contributed by atoms with van der Waals surface area (Å²) in [6.45, 7) is 0.253. The van der Waals surface area contributed by atoms with Crippen molar-refractivity contribution in [2.75, 3.05) is 6.79 Å². The number of hydrogen-bond acceptors (Lipinski definition) is 3. The molecule has 4 heteroatoms. The Hall–Kier alpha value is -2.49. The molecule has 1 aromatic rings. The Bertz CT molecular complexity index is 614. The lowest BCUT2D eigenvalue weighted by atomic mass is 10.1. The number of benzene rings is 1. The fourth-order valence-electron chi connectivity index (χ4n) is 2.08. The molecule has 1 aliphatic heterocycles. The molecule has 0 radical (unpaired) electrons. The van der Waals surface area contributed by atoms with Gasteiger partial charge < -0.3 is 14.8 Å². The van der Waals surface area contributed by atoms with E-state index in [4.69, 9.17) is 9.47 Å². The lowest BCUT2D eigenvalue weighted by Crippen LogP contribution is -2.19. The van der Waals surface area contributed by atoms with Crippen molar-refractivity contribution in [1.82, 2.24) is 5.32 Å². The second-order valence-corrected chi connectivity index (χ2v) is 4.57. The summed E-state index contributed by atoms with van der Waals surface area (Å²) in [4.78, 5) is 11.8. The molecule has 0 bridgehead atoms. The minimum atomic E-state index is -0.138. The molecule has 1 aliphatic carbocycles. The van der Waals surface area contributed by atoms with Gasteiger partial charge in [0, 0.05) is 11.8 Å². The maximum absolute atomic E-state index is 11.8. The van der Waals surface area contributed by atoms with Crippen molar-refractivity contribution in [3.05, 3.63) is 53.8 Å². The van der Waals surface area contributed by atoms with Crippen LogP contribution in [0.4, 0.5) is 0 Å². The molecule has 1 heterocycles. The molecule has 20 heavy (non-hydrogen) atoms. The zero-order chi connectivity index (χ0) is 13.8. The highest BCUT2D eigenvalue weighted by Gasteiger charge is 2.12. The Morgan fingerprint density at radius 1 is 1.20 bits per heavy atom. The van der Waals surface area contributed by atoms with E-state index in [1.165, 1.54) is 6.08 Å². The average Bonchev–Trinajstić information content (AvgIpc) is 2.93. The lowest BCUT2D eigenvalue weighted by Gasteiger charge is -2.06. The Morgan fingerprint density at radius 3 is 2.95 bits per heavy atom. The number of allylic oxidation sites excluding steroid dienone is 3. The second kappa shape index (κ2) is 5.65. The predicted octanol–water partition coefficient (Wildman–Crippen LogP) is 2.78. The maximum Gasteiger partial charge on any atom is 0.248 e. The molecule has 0 saturated heterocycles. The molecule has 1 amide bonds. The Morgan fingerprint density at radius 2 is 2.10 bits per heavy atom. The molecule has 0 fully saturated rings. The molecular formula is C16H15NO3. The molecule has 0 unspecified atom stereocenters. The van der Waals surface area contributed by atoms with Gasteiger partial charge in [0.25, 0.3) is 0 Å². The maximum atomic E-state index is 11.8. The Labute approximate surface area is 117 Å². The van der Waals surface area contributed by atoms with Crippen molar-refractivity contribution >= 4 is 12.0 Å². The Kier molecular flexibility index (Phi) is 3.54. The van der Waals surface area contributed by atoms with E-state index < -0.39 is 0 Å². The van der Waals surface area contributed by atoms with E-state index >= 15 is 0 Å². The molecular weight excluding hydrogens is 254 g/mol. The molecule has 1 aromatic carbocycles. The van der Waals surface area contributed by atoms with Crippen LogP contribution in [0.5, 0.6) is 11.5 Å². The predicted molar refractivity (Wildman–Crippen MR) is 76.2 cm³/mol. The summed E-state index contributed by atoms with van der Waals surface area (Å²) in [5, 5.41) is 2.83. The SMILES string of the molecule is O=C(/C=C/c1ccc2c(c1)OCO2)NC1=CCCC=C1. The number of nitrogens with one attached hydrogen (secondary N) is 1. The number of fused-ring (bicyclic) bond motifs is 1. The first-order valence-corrected chi connectivity index (χ1v) is 6.57. The average molecular weight is 269 g/mol. The van der Waals surface area contributed by atoms with Crippen molar-refractivity contribution in [3.8, 4) is 11.5 Å². The summed E-state index contributed by atoms with van der Waals surface area (Å²) >= 11 is 0. The number of ether oxygens (including phenoxy) is 2. The summed E-state index contributed by atoms with van der Waals surface area (Å²) in [7, 11) is 0. The van der Waals surface area contributed by atoms with Gasteiger partial charge in [0.1, 0.15) is 0 Å². The number of carbonyl (C=O) groups excluding carboxylic acids is 1. The first kappa shape index (κ1) is 12.5. The molecule has 0 aromatic heterocycles. The van der Waals surface area contributed by atoms with Crippen molar-refractivity contribution in [1.29, 1.82) is 0 Å². The molecule has 2 aliphatic rings. The van der Waals surface area contributed by atoms with Gasteiger partial charge in [-0.05, 0) is 42.7 Å². The topological polar surface area (TPSA) is 47.6 Å². The van der Waals surface area contributed by atoms with Crippen LogP contribution in [0.25, 0.3) is 6.08 Å². The Balaban J connectivity index is 1.63. The molecule has 4 nitrogen and oxygen atoms in total. The van der Waals surface area contributed by atoms with Crippen molar-refractivity contribution < 1.29 is 14.3 Å². The quantitative estimate of drug-likeness (QED) is 0.858. The van der Waals surface area contributed by atoms with Crippen LogP contribution >= 0.6 is 0 Å². The third-order valence-electron chi connectivity index (χ3n) is 3.09. The minimum Gasteiger partial charge on any atom is -0.454 e. The van der Waals surface area contributed by atoms with Gasteiger partial charge >= 0.3 is 0 Å². The molecule has 0 atom stereocenters. The van der Waals surface area contributed by atoms with Crippen LogP contribution in [0.3, 0.4) is 0 Å². The smallest absolute Gasteiger partial charge is 0.248 e. The van der Waals surface area contributed by atoms with Gasteiger partial charge in [0.2, 0.25) is 12.7 Å². The highest BCUT2D eigenvalue weighted by molar-refractivity contribution is 5.93. The van der Waals surface area contributed by atoms with Crippen LogP contribution < -0.4 is 14.8 Å². The van der Waals surface area contributed by atoms with Gasteiger partial charge in [-0.3, -0.25) is 4.79 Å². The van der Waals surface area contributed by atoms with E-state index in [1.807, 2.05) is 30.4 Å². The summed E-state index contributed by atoms with van der Waals surface area (Å²) in [5.41, 5.74) is 1.76. The van der Waals surface area contributed by atoms with Crippen LogP contribution in [-0.4, -0.2) is 12.7 Å². The van der Waals surface area contributed by atoms with E-state index in [0.29, 0.717) is 5.75 Å². The van der Waals surface area contributed by atoms with E-state index in [1.54, 1.807) is 6.08 Å². The zero-order valence-electron chi connectivity index (χ0n) is 11.0. The number of rotatable bonds is 3. The number of hydrogen-bond donors (Lipinski definition) is 1. The summed E-state index contributed by atoms with van der Waals surface area (Å²) in [6.07, 6.45) is 11.3. The van der Waals surface area contributed by atoms with Gasteiger partial charge in [-0.15, -0.1) is 0 Å². The van der Waals surface area contributed by atoms with Gasteiger partial charge in [0.05, 0.1) is 0 Å². The molecule has 0 saturated carbocycles. The van der Waals surface area contributed by atoms with Crippen LogP contribution in [0.2, 0.25) is 0 Å². The zero-order valence-corrected chi connectivity index (χ0v) is 11.0. The van der Waals surface area contributed by atoms with Crippen LogP contribution in [0.1, 0.15) is 18.4 Å². The second-order valence-electron chi connectivity index (χ2n) is 4.57. The third kappa shape index (κ3) is 2.91. The van der Waals surface area contributed by atoms with E-state index in [9.17, 15) is 4.79 Å². The summed E-state index contributed by atoms with van der Waals surface area (Å²) in [6, 6.07) is 5.58. The molecule has 1 N–H and O–H groups in total. The van der Waals surface area contributed by atoms with Crippen molar-refractivity contribution in [2.45, 2.75) is 12.8 Å². The largest absolute Gasteiger partial charge is 0.454 e. The van der Waals surface area contributed by atoms with Gasteiger partial charge in [-0.2, -0.15) is 0 Å².